The molecule has 1 aliphatic heterocycles. The van der Waals surface area contributed by atoms with Crippen molar-refractivity contribution in [3.05, 3.63) is 0 Å². The third-order valence-electron chi connectivity index (χ3n) is 4.00. The van der Waals surface area contributed by atoms with Crippen LogP contribution in [0.1, 0.15) is 52.9 Å². The van der Waals surface area contributed by atoms with Crippen molar-refractivity contribution in [1.82, 2.24) is 15.5 Å². The van der Waals surface area contributed by atoms with E-state index in [0.717, 1.165) is 32.4 Å². The third-order valence-corrected chi connectivity index (χ3v) is 4.00. The van der Waals surface area contributed by atoms with Gasteiger partial charge in [0.15, 0.2) is 0 Å². The molecule has 4 nitrogen and oxygen atoms in total. The third kappa shape index (κ3) is 6.92. The quantitative estimate of drug-likeness (QED) is 0.706. The van der Waals surface area contributed by atoms with Gasteiger partial charge in [-0.1, -0.05) is 20.3 Å². The van der Waals surface area contributed by atoms with Crippen LogP contribution in [0.25, 0.3) is 0 Å². The fraction of sp³-hybridized carbons (Fsp3) is 0.933. The van der Waals surface area contributed by atoms with E-state index in [-0.39, 0.29) is 5.91 Å². The van der Waals surface area contributed by atoms with Gasteiger partial charge in [-0.15, -0.1) is 0 Å². The largest absolute Gasteiger partial charge is 0.352 e. The number of rotatable bonds is 8. The molecule has 1 aliphatic rings. The Kier molecular flexibility index (Phi) is 8.07. The predicted molar refractivity (Wildman–Crippen MR) is 80.3 cm³/mol. The number of nitrogens with zero attached hydrogens (tertiary/aromatic N) is 1. The zero-order chi connectivity index (χ0) is 14.1. The van der Waals surface area contributed by atoms with Crippen molar-refractivity contribution in [3.63, 3.8) is 0 Å². The van der Waals surface area contributed by atoms with E-state index in [2.05, 4.69) is 36.3 Å². The second-order valence-corrected chi connectivity index (χ2v) is 5.73. The van der Waals surface area contributed by atoms with Gasteiger partial charge in [-0.2, -0.15) is 0 Å². The SMILES string of the molecule is CCCCN1CCC(NC(=O)CNC(C)CC)CC1. The van der Waals surface area contributed by atoms with E-state index in [4.69, 9.17) is 0 Å². The molecule has 0 bridgehead atoms. The zero-order valence-electron chi connectivity index (χ0n) is 12.9. The Morgan fingerprint density at radius 2 is 2.00 bits per heavy atom. The van der Waals surface area contributed by atoms with Crippen LogP contribution in [0.5, 0.6) is 0 Å². The van der Waals surface area contributed by atoms with Gasteiger partial charge in [0.25, 0.3) is 0 Å². The summed E-state index contributed by atoms with van der Waals surface area (Å²) in [5, 5.41) is 6.38. The lowest BCUT2D eigenvalue weighted by atomic mass is 10.0. The van der Waals surface area contributed by atoms with Crippen molar-refractivity contribution in [2.75, 3.05) is 26.2 Å². The Morgan fingerprint density at radius 1 is 1.32 bits per heavy atom. The lowest BCUT2D eigenvalue weighted by Gasteiger charge is -2.32. The van der Waals surface area contributed by atoms with Gasteiger partial charge in [0.2, 0.25) is 5.91 Å². The summed E-state index contributed by atoms with van der Waals surface area (Å²) in [5.74, 6) is 0.146. The van der Waals surface area contributed by atoms with Gasteiger partial charge in [-0.25, -0.2) is 0 Å². The second-order valence-electron chi connectivity index (χ2n) is 5.73. The highest BCUT2D eigenvalue weighted by Gasteiger charge is 2.20. The molecule has 0 aliphatic carbocycles. The summed E-state index contributed by atoms with van der Waals surface area (Å²) in [5.41, 5.74) is 0. The minimum atomic E-state index is 0.146. The average molecular weight is 269 g/mol. The van der Waals surface area contributed by atoms with Crippen LogP contribution in [0.2, 0.25) is 0 Å². The number of amides is 1. The monoisotopic (exact) mass is 269 g/mol. The molecule has 112 valence electrons. The Bertz CT molecular complexity index is 250. The molecule has 0 aromatic carbocycles. The molecule has 1 atom stereocenters. The molecular weight excluding hydrogens is 238 g/mol. The molecule has 4 heteroatoms. The van der Waals surface area contributed by atoms with E-state index < -0.39 is 0 Å². The molecule has 0 spiro atoms. The molecule has 0 aromatic heterocycles. The van der Waals surface area contributed by atoms with Crippen molar-refractivity contribution in [2.24, 2.45) is 0 Å². The Labute approximate surface area is 118 Å². The van der Waals surface area contributed by atoms with Crippen LogP contribution in [0, 0.1) is 0 Å². The smallest absolute Gasteiger partial charge is 0.234 e. The second kappa shape index (κ2) is 9.32. The van der Waals surface area contributed by atoms with E-state index in [1.165, 1.54) is 19.4 Å². The average Bonchev–Trinajstić information content (AvgIpc) is 2.44. The van der Waals surface area contributed by atoms with Crippen LogP contribution in [0.15, 0.2) is 0 Å². The molecule has 2 N–H and O–H groups in total. The van der Waals surface area contributed by atoms with Crippen molar-refractivity contribution in [1.29, 1.82) is 0 Å². The summed E-state index contributed by atoms with van der Waals surface area (Å²) in [6, 6.07) is 0.797. The van der Waals surface area contributed by atoms with Crippen LogP contribution in [0.4, 0.5) is 0 Å². The number of carbonyl (C=O) groups is 1. The summed E-state index contributed by atoms with van der Waals surface area (Å²) in [4.78, 5) is 14.3. The van der Waals surface area contributed by atoms with Crippen LogP contribution < -0.4 is 10.6 Å². The van der Waals surface area contributed by atoms with Crippen LogP contribution in [-0.4, -0.2) is 49.1 Å². The number of nitrogens with one attached hydrogen (secondary N) is 2. The van der Waals surface area contributed by atoms with Gasteiger partial charge >= 0.3 is 0 Å². The van der Waals surface area contributed by atoms with Crippen molar-refractivity contribution in [2.45, 2.75) is 65.0 Å². The van der Waals surface area contributed by atoms with E-state index in [9.17, 15) is 4.79 Å². The normalized spacial score (nSPS) is 19.3. The first-order chi connectivity index (χ1) is 9.15. The molecule has 1 saturated heterocycles. The van der Waals surface area contributed by atoms with Gasteiger partial charge in [0.05, 0.1) is 6.54 Å². The van der Waals surface area contributed by atoms with Gasteiger partial charge in [0, 0.05) is 25.2 Å². The Hall–Kier alpha value is -0.610. The molecule has 1 amide bonds. The summed E-state index contributed by atoms with van der Waals surface area (Å²) >= 11 is 0. The molecule has 0 aromatic rings. The van der Waals surface area contributed by atoms with Gasteiger partial charge < -0.3 is 15.5 Å². The topological polar surface area (TPSA) is 44.4 Å². The van der Waals surface area contributed by atoms with Crippen molar-refractivity contribution < 1.29 is 4.79 Å². The fourth-order valence-electron chi connectivity index (χ4n) is 2.37. The summed E-state index contributed by atoms with van der Waals surface area (Å²) in [6.45, 7) is 10.4. The zero-order valence-corrected chi connectivity index (χ0v) is 12.9. The first kappa shape index (κ1) is 16.4. The summed E-state index contributed by atoms with van der Waals surface area (Å²) < 4.78 is 0. The minimum Gasteiger partial charge on any atom is -0.352 e. The number of hydrogen-bond donors (Lipinski definition) is 2. The Balaban J connectivity index is 2.12. The highest BCUT2D eigenvalue weighted by atomic mass is 16.2. The maximum absolute atomic E-state index is 11.8. The number of carbonyl (C=O) groups excluding carboxylic acids is 1. The fourth-order valence-corrected chi connectivity index (χ4v) is 2.37. The van der Waals surface area contributed by atoms with Crippen LogP contribution in [0.3, 0.4) is 0 Å². The number of likely N-dealkylation sites (tertiary alicyclic amines) is 1. The van der Waals surface area contributed by atoms with Gasteiger partial charge in [-0.05, 0) is 39.2 Å². The first-order valence-corrected chi connectivity index (χ1v) is 7.90. The molecule has 19 heavy (non-hydrogen) atoms. The maximum Gasteiger partial charge on any atom is 0.234 e. The number of hydrogen-bond acceptors (Lipinski definition) is 3. The van der Waals surface area contributed by atoms with E-state index in [1.54, 1.807) is 0 Å². The van der Waals surface area contributed by atoms with Crippen molar-refractivity contribution >= 4 is 5.91 Å². The van der Waals surface area contributed by atoms with Crippen molar-refractivity contribution in [3.8, 4) is 0 Å². The van der Waals surface area contributed by atoms with E-state index in [1.807, 2.05) is 0 Å². The summed E-state index contributed by atoms with van der Waals surface area (Å²) in [6.07, 6.45) is 5.80. The maximum atomic E-state index is 11.8. The highest BCUT2D eigenvalue weighted by molar-refractivity contribution is 5.78. The van der Waals surface area contributed by atoms with Crippen LogP contribution in [-0.2, 0) is 4.79 Å². The number of unbranched alkanes of at least 4 members (excludes halogenated alkanes) is 1. The minimum absolute atomic E-state index is 0.146. The predicted octanol–water partition coefficient (Wildman–Crippen LogP) is 1.76. The van der Waals surface area contributed by atoms with Gasteiger partial charge in [-0.3, -0.25) is 4.79 Å². The Morgan fingerprint density at radius 3 is 2.58 bits per heavy atom. The molecular formula is C15H31N3O. The van der Waals surface area contributed by atoms with E-state index in [0.29, 0.717) is 18.6 Å². The lowest BCUT2D eigenvalue weighted by molar-refractivity contribution is -0.121. The molecule has 0 saturated carbocycles. The molecule has 0 radical (unpaired) electrons. The molecule has 1 heterocycles. The van der Waals surface area contributed by atoms with Crippen LogP contribution >= 0.6 is 0 Å². The molecule has 1 fully saturated rings. The molecule has 1 rings (SSSR count). The van der Waals surface area contributed by atoms with E-state index >= 15 is 0 Å². The lowest BCUT2D eigenvalue weighted by Crippen LogP contribution is -2.47. The van der Waals surface area contributed by atoms with Gasteiger partial charge in [0.1, 0.15) is 0 Å². The summed E-state index contributed by atoms with van der Waals surface area (Å²) in [7, 11) is 0. The number of piperidine rings is 1. The first-order valence-electron chi connectivity index (χ1n) is 7.90. The standard InChI is InChI=1S/C15H31N3O/c1-4-6-9-18-10-7-14(8-11-18)17-15(19)12-16-13(3)5-2/h13-14,16H,4-12H2,1-3H3,(H,17,19). The highest BCUT2D eigenvalue weighted by Crippen LogP contribution is 2.10. The molecule has 1 unspecified atom stereocenters.